The van der Waals surface area contributed by atoms with Gasteiger partial charge in [-0.05, 0) is 31.5 Å². The van der Waals surface area contributed by atoms with Gasteiger partial charge in [-0.1, -0.05) is 6.92 Å². The molecule has 0 bridgehead atoms. The number of hydrogen-bond donors (Lipinski definition) is 1. The van der Waals surface area contributed by atoms with E-state index in [9.17, 15) is 22.0 Å². The van der Waals surface area contributed by atoms with Crippen molar-refractivity contribution >= 4 is 0 Å². The van der Waals surface area contributed by atoms with Crippen LogP contribution in [0.5, 0.6) is 0 Å². The summed E-state index contributed by atoms with van der Waals surface area (Å²) in [6.07, 6.45) is -4.14. The van der Waals surface area contributed by atoms with Crippen molar-refractivity contribution in [2.24, 2.45) is 0 Å². The molecule has 0 saturated carbocycles. The van der Waals surface area contributed by atoms with Crippen LogP contribution in [0.15, 0.2) is 12.1 Å². The summed E-state index contributed by atoms with van der Waals surface area (Å²) >= 11 is 0. The fraction of sp³-hybridized carbons (Fsp3) is 0.500. The highest BCUT2D eigenvalue weighted by atomic mass is 19.4. The van der Waals surface area contributed by atoms with Crippen LogP contribution >= 0.6 is 0 Å². The maximum Gasteiger partial charge on any atom is 0.408 e. The van der Waals surface area contributed by atoms with Gasteiger partial charge < -0.3 is 5.32 Å². The van der Waals surface area contributed by atoms with Crippen molar-refractivity contribution in [2.45, 2.75) is 32.5 Å². The van der Waals surface area contributed by atoms with Crippen LogP contribution < -0.4 is 5.32 Å². The number of aryl methyl sites for hydroxylation is 1. The number of benzene rings is 1. The third kappa shape index (κ3) is 3.41. The largest absolute Gasteiger partial charge is 0.408 e. The van der Waals surface area contributed by atoms with Gasteiger partial charge >= 0.3 is 6.18 Å². The topological polar surface area (TPSA) is 12.0 Å². The highest BCUT2D eigenvalue weighted by Gasteiger charge is 2.41. The van der Waals surface area contributed by atoms with E-state index in [1.807, 2.05) is 0 Å². The van der Waals surface area contributed by atoms with Crippen molar-refractivity contribution in [3.63, 3.8) is 0 Å². The van der Waals surface area contributed by atoms with Crippen LogP contribution in [0.1, 0.15) is 30.5 Å². The maximum atomic E-state index is 13.5. The average molecular weight is 267 g/mol. The summed E-state index contributed by atoms with van der Waals surface area (Å²) in [6.45, 7) is 3.10. The van der Waals surface area contributed by atoms with Crippen LogP contribution in [0.25, 0.3) is 0 Å². The van der Waals surface area contributed by atoms with Crippen molar-refractivity contribution in [3.05, 3.63) is 34.9 Å². The van der Waals surface area contributed by atoms with E-state index in [1.54, 1.807) is 6.92 Å². The molecule has 102 valence electrons. The Kier molecular flexibility index (Phi) is 4.67. The Hall–Kier alpha value is -1.17. The van der Waals surface area contributed by atoms with Gasteiger partial charge in [0.25, 0.3) is 0 Å². The van der Waals surface area contributed by atoms with Crippen molar-refractivity contribution in [2.75, 3.05) is 6.54 Å². The third-order valence-corrected chi connectivity index (χ3v) is 2.51. The summed E-state index contributed by atoms with van der Waals surface area (Å²) in [5.41, 5.74) is -0.589. The molecule has 1 aromatic carbocycles. The Labute approximate surface area is 102 Å². The summed E-state index contributed by atoms with van der Waals surface area (Å²) in [5.74, 6) is -2.04. The van der Waals surface area contributed by atoms with E-state index >= 15 is 0 Å². The number of rotatable bonds is 4. The minimum atomic E-state index is -4.62. The van der Waals surface area contributed by atoms with Gasteiger partial charge in [-0.25, -0.2) is 8.78 Å². The molecule has 0 radical (unpaired) electrons. The van der Waals surface area contributed by atoms with Gasteiger partial charge in [0.15, 0.2) is 0 Å². The van der Waals surface area contributed by atoms with Crippen LogP contribution in [0, 0.1) is 18.6 Å². The Morgan fingerprint density at radius 3 is 2.28 bits per heavy atom. The van der Waals surface area contributed by atoms with Gasteiger partial charge in [0.2, 0.25) is 0 Å². The first-order valence-electron chi connectivity index (χ1n) is 5.53. The quantitative estimate of drug-likeness (QED) is 0.816. The van der Waals surface area contributed by atoms with Crippen LogP contribution in [0.3, 0.4) is 0 Å². The lowest BCUT2D eigenvalue weighted by Crippen LogP contribution is -2.35. The normalized spacial score (nSPS) is 13.7. The third-order valence-electron chi connectivity index (χ3n) is 2.51. The molecule has 0 amide bonds. The molecular formula is C12H14F5N. The smallest absolute Gasteiger partial charge is 0.302 e. The number of alkyl halides is 3. The predicted octanol–water partition coefficient (Wildman–Crippen LogP) is 3.88. The molecule has 0 aliphatic rings. The molecule has 0 spiro atoms. The molecule has 0 aliphatic carbocycles. The molecule has 1 rings (SSSR count). The second-order valence-corrected chi connectivity index (χ2v) is 4.05. The SMILES string of the molecule is CCCNC(c1cc(C)c(F)cc1F)C(F)(F)F. The summed E-state index contributed by atoms with van der Waals surface area (Å²) < 4.78 is 64.9. The summed E-state index contributed by atoms with van der Waals surface area (Å²) in [7, 11) is 0. The van der Waals surface area contributed by atoms with Gasteiger partial charge in [0, 0.05) is 11.6 Å². The summed E-state index contributed by atoms with van der Waals surface area (Å²) in [4.78, 5) is 0. The summed E-state index contributed by atoms with van der Waals surface area (Å²) in [5, 5.41) is 2.23. The van der Waals surface area contributed by atoms with E-state index in [0.29, 0.717) is 12.5 Å². The molecule has 0 aliphatic heterocycles. The van der Waals surface area contributed by atoms with Gasteiger partial charge in [-0.2, -0.15) is 13.2 Å². The maximum absolute atomic E-state index is 13.5. The number of halogens is 5. The van der Waals surface area contributed by atoms with Crippen molar-refractivity contribution in [1.82, 2.24) is 5.32 Å². The molecule has 6 heteroatoms. The van der Waals surface area contributed by atoms with Crippen LogP contribution in [0.2, 0.25) is 0 Å². The van der Waals surface area contributed by atoms with E-state index in [-0.39, 0.29) is 12.1 Å². The van der Waals surface area contributed by atoms with Crippen LogP contribution in [-0.2, 0) is 0 Å². The molecule has 0 fully saturated rings. The van der Waals surface area contributed by atoms with Gasteiger partial charge in [0.1, 0.15) is 17.7 Å². The van der Waals surface area contributed by atoms with E-state index in [2.05, 4.69) is 5.32 Å². The standard InChI is InChI=1S/C12H14F5N/c1-3-4-18-11(12(15,16)17)8-5-7(2)9(13)6-10(8)14/h5-6,11,18H,3-4H2,1-2H3. The molecule has 18 heavy (non-hydrogen) atoms. The van der Waals surface area contributed by atoms with Gasteiger partial charge in [-0.15, -0.1) is 0 Å². The molecule has 1 atom stereocenters. The minimum absolute atomic E-state index is 0.0149. The molecule has 1 unspecified atom stereocenters. The van der Waals surface area contributed by atoms with E-state index in [4.69, 9.17) is 0 Å². The molecule has 1 aromatic rings. The first kappa shape index (κ1) is 14.9. The van der Waals surface area contributed by atoms with Crippen molar-refractivity contribution in [3.8, 4) is 0 Å². The lowest BCUT2D eigenvalue weighted by Gasteiger charge is -2.22. The van der Waals surface area contributed by atoms with Gasteiger partial charge in [0.05, 0.1) is 0 Å². The van der Waals surface area contributed by atoms with E-state index in [0.717, 1.165) is 6.07 Å². The zero-order chi connectivity index (χ0) is 13.9. The molecule has 1 nitrogen and oxygen atoms in total. The zero-order valence-electron chi connectivity index (χ0n) is 10.0. The predicted molar refractivity (Wildman–Crippen MR) is 58.2 cm³/mol. The van der Waals surface area contributed by atoms with E-state index < -0.39 is 29.4 Å². The lowest BCUT2D eigenvalue weighted by molar-refractivity contribution is -0.158. The fourth-order valence-corrected chi connectivity index (χ4v) is 1.59. The highest BCUT2D eigenvalue weighted by Crippen LogP contribution is 2.34. The van der Waals surface area contributed by atoms with Gasteiger partial charge in [-0.3, -0.25) is 0 Å². The molecule has 1 N–H and O–H groups in total. The first-order valence-corrected chi connectivity index (χ1v) is 5.53. The minimum Gasteiger partial charge on any atom is -0.302 e. The fourth-order valence-electron chi connectivity index (χ4n) is 1.59. The monoisotopic (exact) mass is 267 g/mol. The highest BCUT2D eigenvalue weighted by molar-refractivity contribution is 5.29. The Morgan fingerprint density at radius 2 is 1.78 bits per heavy atom. The van der Waals surface area contributed by atoms with Crippen LogP contribution in [-0.4, -0.2) is 12.7 Å². The number of nitrogens with one attached hydrogen (secondary N) is 1. The summed E-state index contributed by atoms with van der Waals surface area (Å²) in [6, 6.07) is -0.737. The second-order valence-electron chi connectivity index (χ2n) is 4.05. The second kappa shape index (κ2) is 5.65. The molecule has 0 saturated heterocycles. The average Bonchev–Trinajstić information content (AvgIpc) is 2.24. The molecule has 0 heterocycles. The molecule has 0 aromatic heterocycles. The van der Waals surface area contributed by atoms with Crippen LogP contribution in [0.4, 0.5) is 22.0 Å². The first-order chi connectivity index (χ1) is 8.27. The zero-order valence-corrected chi connectivity index (χ0v) is 10.0. The lowest BCUT2D eigenvalue weighted by atomic mass is 10.0. The Morgan fingerprint density at radius 1 is 1.17 bits per heavy atom. The Bertz CT molecular complexity index is 414. The molecular weight excluding hydrogens is 253 g/mol. The Balaban J connectivity index is 3.16. The van der Waals surface area contributed by atoms with Crippen molar-refractivity contribution in [1.29, 1.82) is 0 Å². The number of hydrogen-bond acceptors (Lipinski definition) is 1. The van der Waals surface area contributed by atoms with Crippen molar-refractivity contribution < 1.29 is 22.0 Å². The van der Waals surface area contributed by atoms with E-state index in [1.165, 1.54) is 6.92 Å².